The number of hydrogen-bond donors (Lipinski definition) is 1. The molecular weight excluding hydrogens is 318 g/mol. The van der Waals surface area contributed by atoms with Gasteiger partial charge in [0.15, 0.2) is 0 Å². The molecule has 6 heteroatoms. The van der Waals surface area contributed by atoms with Gasteiger partial charge in [-0.05, 0) is 13.0 Å². The summed E-state index contributed by atoms with van der Waals surface area (Å²) in [6.45, 7) is 1.90. The molecule has 0 radical (unpaired) electrons. The molecule has 23 heavy (non-hydrogen) atoms. The maximum atomic E-state index is 12.2. The molecule has 0 aliphatic heterocycles. The highest BCUT2D eigenvalue weighted by atomic mass is 35.5. The van der Waals surface area contributed by atoms with Gasteiger partial charge in [0.1, 0.15) is 11.5 Å². The SMILES string of the molecule is COc1cc(OC)c(NC(=O)C(=O)c2ccc(C)cc2)cc1Cl. The van der Waals surface area contributed by atoms with Gasteiger partial charge in [0.2, 0.25) is 0 Å². The van der Waals surface area contributed by atoms with Crippen molar-refractivity contribution in [3.05, 3.63) is 52.5 Å². The molecule has 2 aromatic carbocycles. The number of anilines is 1. The van der Waals surface area contributed by atoms with Crippen molar-refractivity contribution in [2.75, 3.05) is 19.5 Å². The molecule has 1 amide bonds. The molecule has 1 N–H and O–H groups in total. The third-order valence-corrected chi connectivity index (χ3v) is 3.54. The van der Waals surface area contributed by atoms with E-state index < -0.39 is 11.7 Å². The molecule has 0 aliphatic rings. The minimum absolute atomic E-state index is 0.295. The highest BCUT2D eigenvalue weighted by Crippen LogP contribution is 2.35. The maximum absolute atomic E-state index is 12.2. The van der Waals surface area contributed by atoms with E-state index in [1.165, 1.54) is 26.4 Å². The van der Waals surface area contributed by atoms with E-state index >= 15 is 0 Å². The van der Waals surface area contributed by atoms with Crippen molar-refractivity contribution < 1.29 is 19.1 Å². The molecule has 0 heterocycles. The zero-order valence-corrected chi connectivity index (χ0v) is 13.7. The Hall–Kier alpha value is -2.53. The van der Waals surface area contributed by atoms with E-state index in [-0.39, 0.29) is 0 Å². The average molecular weight is 334 g/mol. The van der Waals surface area contributed by atoms with Gasteiger partial charge < -0.3 is 14.8 Å². The second-order valence-electron chi connectivity index (χ2n) is 4.84. The van der Waals surface area contributed by atoms with Gasteiger partial charge in [-0.2, -0.15) is 0 Å². The van der Waals surface area contributed by atoms with Crippen molar-refractivity contribution in [1.82, 2.24) is 0 Å². The smallest absolute Gasteiger partial charge is 0.296 e. The van der Waals surface area contributed by atoms with Crippen molar-refractivity contribution in [2.45, 2.75) is 6.92 Å². The number of ether oxygens (including phenoxy) is 2. The van der Waals surface area contributed by atoms with E-state index in [4.69, 9.17) is 21.1 Å². The molecule has 5 nitrogen and oxygen atoms in total. The van der Waals surface area contributed by atoms with Crippen molar-refractivity contribution in [2.24, 2.45) is 0 Å². The average Bonchev–Trinajstić information content (AvgIpc) is 2.55. The molecule has 2 rings (SSSR count). The first-order valence-corrected chi connectivity index (χ1v) is 7.18. The van der Waals surface area contributed by atoms with Gasteiger partial charge in [0, 0.05) is 11.6 Å². The quantitative estimate of drug-likeness (QED) is 0.672. The second-order valence-corrected chi connectivity index (χ2v) is 5.24. The molecule has 0 aromatic heterocycles. The molecule has 2 aromatic rings. The predicted octanol–water partition coefficient (Wildman–Crippen LogP) is 3.49. The van der Waals surface area contributed by atoms with Crippen molar-refractivity contribution in [1.29, 1.82) is 0 Å². The molecule has 0 unspecified atom stereocenters. The number of nitrogens with one attached hydrogen (secondary N) is 1. The molecule has 0 spiro atoms. The zero-order chi connectivity index (χ0) is 17.0. The van der Waals surface area contributed by atoms with E-state index in [0.717, 1.165) is 5.56 Å². The van der Waals surface area contributed by atoms with Crippen molar-refractivity contribution >= 4 is 29.0 Å². The van der Waals surface area contributed by atoms with Crippen molar-refractivity contribution in [3.63, 3.8) is 0 Å². The van der Waals surface area contributed by atoms with E-state index in [2.05, 4.69) is 5.32 Å². The summed E-state index contributed by atoms with van der Waals surface area (Å²) >= 11 is 6.04. The maximum Gasteiger partial charge on any atom is 0.296 e. The summed E-state index contributed by atoms with van der Waals surface area (Å²) < 4.78 is 10.3. The minimum Gasteiger partial charge on any atom is -0.495 e. The largest absolute Gasteiger partial charge is 0.495 e. The van der Waals surface area contributed by atoms with E-state index in [1.54, 1.807) is 24.3 Å². The first-order chi connectivity index (χ1) is 11.0. The fraction of sp³-hybridized carbons (Fsp3) is 0.176. The Balaban J connectivity index is 2.24. The fourth-order valence-electron chi connectivity index (χ4n) is 1.97. The normalized spacial score (nSPS) is 10.1. The number of carbonyl (C=O) groups is 2. The van der Waals surface area contributed by atoms with Crippen LogP contribution in [0.3, 0.4) is 0 Å². The van der Waals surface area contributed by atoms with Crippen LogP contribution >= 0.6 is 11.6 Å². The fourth-order valence-corrected chi connectivity index (χ4v) is 2.21. The highest BCUT2D eigenvalue weighted by molar-refractivity contribution is 6.46. The summed E-state index contributed by atoms with van der Waals surface area (Å²) in [5, 5.41) is 2.81. The summed E-state index contributed by atoms with van der Waals surface area (Å²) in [4.78, 5) is 24.3. The number of Topliss-reactive ketones (excluding diaryl/α,β-unsaturated/α-hetero) is 1. The monoisotopic (exact) mass is 333 g/mol. The van der Waals surface area contributed by atoms with Gasteiger partial charge in [-0.1, -0.05) is 41.4 Å². The summed E-state index contributed by atoms with van der Waals surface area (Å²) in [5.74, 6) is -0.657. The summed E-state index contributed by atoms with van der Waals surface area (Å²) in [6, 6.07) is 9.76. The van der Waals surface area contributed by atoms with Crippen LogP contribution in [0.5, 0.6) is 11.5 Å². The van der Waals surface area contributed by atoms with Crippen LogP contribution in [0.25, 0.3) is 0 Å². The van der Waals surface area contributed by atoms with Gasteiger partial charge in [-0.25, -0.2) is 0 Å². The Kier molecular flexibility index (Phi) is 5.24. The number of rotatable bonds is 5. The zero-order valence-electron chi connectivity index (χ0n) is 13.0. The first-order valence-electron chi connectivity index (χ1n) is 6.80. The number of carbonyl (C=O) groups excluding carboxylic acids is 2. The summed E-state index contributed by atoms with van der Waals surface area (Å²) in [7, 11) is 2.92. The van der Waals surface area contributed by atoms with Crippen LogP contribution < -0.4 is 14.8 Å². The Morgan fingerprint density at radius 1 is 1.00 bits per heavy atom. The lowest BCUT2D eigenvalue weighted by molar-refractivity contribution is -0.112. The predicted molar refractivity (Wildman–Crippen MR) is 88.7 cm³/mol. The van der Waals surface area contributed by atoms with Crippen LogP contribution in [-0.4, -0.2) is 25.9 Å². The lowest BCUT2D eigenvalue weighted by Gasteiger charge is -2.12. The molecular formula is C17H16ClNO4. The molecule has 0 aliphatic carbocycles. The number of methoxy groups -OCH3 is 2. The van der Waals surface area contributed by atoms with Gasteiger partial charge >= 0.3 is 0 Å². The number of aryl methyl sites for hydroxylation is 1. The van der Waals surface area contributed by atoms with Gasteiger partial charge in [0.25, 0.3) is 11.7 Å². The second kappa shape index (κ2) is 7.15. The number of ketones is 1. The lowest BCUT2D eigenvalue weighted by Crippen LogP contribution is -2.23. The lowest BCUT2D eigenvalue weighted by atomic mass is 10.1. The van der Waals surface area contributed by atoms with Gasteiger partial charge in [-0.15, -0.1) is 0 Å². The number of benzene rings is 2. The molecule has 0 atom stereocenters. The topological polar surface area (TPSA) is 64.6 Å². The molecule has 0 bridgehead atoms. The van der Waals surface area contributed by atoms with Crippen LogP contribution in [0, 0.1) is 6.92 Å². The van der Waals surface area contributed by atoms with Crippen molar-refractivity contribution in [3.8, 4) is 11.5 Å². The third-order valence-electron chi connectivity index (χ3n) is 3.24. The molecule has 0 fully saturated rings. The number of amides is 1. The first kappa shape index (κ1) is 16.8. The van der Waals surface area contributed by atoms with Crippen LogP contribution in [-0.2, 0) is 4.79 Å². The highest BCUT2D eigenvalue weighted by Gasteiger charge is 2.19. The summed E-state index contributed by atoms with van der Waals surface area (Å²) in [6.07, 6.45) is 0. The van der Waals surface area contributed by atoms with Crippen LogP contribution in [0.15, 0.2) is 36.4 Å². The van der Waals surface area contributed by atoms with E-state index in [0.29, 0.717) is 27.8 Å². The number of halogens is 1. The van der Waals surface area contributed by atoms with Crippen LogP contribution in [0.1, 0.15) is 15.9 Å². The molecule has 0 saturated heterocycles. The van der Waals surface area contributed by atoms with Crippen LogP contribution in [0.2, 0.25) is 5.02 Å². The Morgan fingerprint density at radius 2 is 1.61 bits per heavy atom. The molecule has 0 saturated carbocycles. The molecule has 120 valence electrons. The van der Waals surface area contributed by atoms with Gasteiger partial charge in [0.05, 0.1) is 24.9 Å². The third kappa shape index (κ3) is 3.81. The Bertz CT molecular complexity index is 741. The standard InChI is InChI=1S/C17H16ClNO4/c1-10-4-6-11(7-5-10)16(20)17(21)19-13-8-12(18)14(22-2)9-15(13)23-3/h4-9H,1-3H3,(H,19,21). The van der Waals surface area contributed by atoms with E-state index in [9.17, 15) is 9.59 Å². The summed E-state index contributed by atoms with van der Waals surface area (Å²) in [5.41, 5.74) is 1.61. The number of hydrogen-bond acceptors (Lipinski definition) is 4. The Morgan fingerprint density at radius 3 is 2.17 bits per heavy atom. The minimum atomic E-state index is -0.770. The van der Waals surface area contributed by atoms with E-state index in [1.807, 2.05) is 6.92 Å². The van der Waals surface area contributed by atoms with Gasteiger partial charge in [-0.3, -0.25) is 9.59 Å². The van der Waals surface area contributed by atoms with Crippen LogP contribution in [0.4, 0.5) is 5.69 Å². The Labute approximate surface area is 139 Å².